The molecule has 9 aromatic carbocycles. The molecule has 10 aromatic rings. The predicted octanol–water partition coefficient (Wildman–Crippen LogP) is 12.1. The molecule has 328 valence electrons. The van der Waals surface area contributed by atoms with Crippen molar-refractivity contribution in [2.75, 3.05) is 19.6 Å². The van der Waals surface area contributed by atoms with Gasteiger partial charge in [-0.2, -0.15) is 0 Å². The molecule has 5 aliphatic heterocycles. The Hall–Kier alpha value is -7.17. The van der Waals surface area contributed by atoms with Gasteiger partial charge in [0.25, 0.3) is 0 Å². The van der Waals surface area contributed by atoms with Crippen LogP contribution in [0, 0.1) is 0 Å². The van der Waals surface area contributed by atoms with Gasteiger partial charge in [-0.1, -0.05) is 0 Å². The van der Waals surface area contributed by atoms with E-state index < -0.39 is 0 Å². The molecule has 0 bridgehead atoms. The standard InChI is InChI=1S/C62H48B2N4Se/c1-61(2,3)41-33-51-55-53(35-41)67-47-27-17-18-28-48(47)68-54-36-42(62(4,5)6)34-52-56(54)64(46-30-38-20-14-16-22-40(38)32-50(46)66(52)44-25-11-8-12-26-44)60-58(68)57(67)59(69-60)63(55)45-29-37-19-13-15-21-39(37)31-49(45)65(51)43-23-9-7-10-24-43/h7-36H,1-6H3. The molecule has 15 rings (SSSR count). The molecule has 0 spiro atoms. The van der Waals surface area contributed by atoms with Crippen LogP contribution in [0.1, 0.15) is 52.7 Å². The van der Waals surface area contributed by atoms with Crippen LogP contribution in [0.15, 0.2) is 182 Å². The number of rotatable bonds is 2. The molecule has 0 aliphatic carbocycles. The summed E-state index contributed by atoms with van der Waals surface area (Å²) in [4.78, 5) is 10.6. The van der Waals surface area contributed by atoms with Crippen molar-refractivity contribution in [3.05, 3.63) is 193 Å². The second-order valence-electron chi connectivity index (χ2n) is 21.8. The van der Waals surface area contributed by atoms with Gasteiger partial charge in [0.05, 0.1) is 0 Å². The van der Waals surface area contributed by atoms with Crippen molar-refractivity contribution in [1.29, 1.82) is 0 Å². The Bertz CT molecular complexity index is 3620. The first-order valence-electron chi connectivity index (χ1n) is 24.5. The molecule has 6 heterocycles. The molecule has 0 radical (unpaired) electrons. The predicted molar refractivity (Wildman–Crippen MR) is 297 cm³/mol. The summed E-state index contributed by atoms with van der Waals surface area (Å²) < 4.78 is 3.12. The second kappa shape index (κ2) is 13.8. The van der Waals surface area contributed by atoms with Crippen LogP contribution in [-0.4, -0.2) is 27.9 Å². The Morgan fingerprint density at radius 2 is 0.667 bits per heavy atom. The van der Waals surface area contributed by atoms with Crippen LogP contribution in [-0.2, 0) is 10.8 Å². The van der Waals surface area contributed by atoms with E-state index in [1.54, 1.807) is 8.67 Å². The van der Waals surface area contributed by atoms with Crippen LogP contribution in [0.5, 0.6) is 0 Å². The molecule has 0 saturated heterocycles. The van der Waals surface area contributed by atoms with Crippen molar-refractivity contribution in [3.63, 3.8) is 0 Å². The number of nitrogens with zero attached hydrogens (tertiary/aromatic N) is 4. The van der Waals surface area contributed by atoms with Crippen molar-refractivity contribution in [2.45, 2.75) is 52.4 Å². The summed E-state index contributed by atoms with van der Waals surface area (Å²) in [7, 11) is 0. The normalized spacial score (nSPS) is 14.6. The maximum atomic E-state index is 2.73. The van der Waals surface area contributed by atoms with Gasteiger partial charge in [-0.3, -0.25) is 0 Å². The molecule has 4 nitrogen and oxygen atoms in total. The van der Waals surface area contributed by atoms with Crippen molar-refractivity contribution < 1.29 is 0 Å². The molecule has 0 fully saturated rings. The molecular formula is C62H48B2N4Se. The van der Waals surface area contributed by atoms with Crippen LogP contribution in [0.3, 0.4) is 0 Å². The number of hydrogen-bond donors (Lipinski definition) is 0. The zero-order valence-electron chi connectivity index (χ0n) is 39.7. The fourth-order valence-electron chi connectivity index (χ4n) is 12.5. The molecular weight excluding hydrogens is 901 g/mol. The number of para-hydroxylation sites is 4. The SMILES string of the molecule is CC(C)(C)c1cc2c3c(c1)N1c4ccccc4N4c5cc(C(C)(C)C)cc6c5B(c5cc7ccccc7cc5N6c5ccccc5)c5[se]c(c1c54)B3c1cc3ccccc3cc1N2c1ccccc1. The molecule has 69 heavy (non-hydrogen) atoms. The van der Waals surface area contributed by atoms with Crippen molar-refractivity contribution >= 4 is 148 Å². The minimum atomic E-state index is -0.101. The van der Waals surface area contributed by atoms with Crippen molar-refractivity contribution in [3.8, 4) is 0 Å². The van der Waals surface area contributed by atoms with Crippen LogP contribution in [0.2, 0.25) is 0 Å². The summed E-state index contributed by atoms with van der Waals surface area (Å²) >= 11 is -0.0243. The molecule has 1 aromatic heterocycles. The van der Waals surface area contributed by atoms with Gasteiger partial charge < -0.3 is 0 Å². The summed E-state index contributed by atoms with van der Waals surface area (Å²) in [6.07, 6.45) is 0. The van der Waals surface area contributed by atoms with E-state index in [0.29, 0.717) is 0 Å². The number of anilines is 12. The van der Waals surface area contributed by atoms with E-state index in [4.69, 9.17) is 0 Å². The quantitative estimate of drug-likeness (QED) is 0.160. The summed E-state index contributed by atoms with van der Waals surface area (Å²) in [5.41, 5.74) is 23.5. The number of hydrogen-bond acceptors (Lipinski definition) is 4. The second-order valence-corrected chi connectivity index (χ2v) is 24.0. The monoisotopic (exact) mass is 950 g/mol. The van der Waals surface area contributed by atoms with E-state index >= 15 is 0 Å². The molecule has 5 aliphatic rings. The van der Waals surface area contributed by atoms with Gasteiger partial charge in [-0.25, -0.2) is 0 Å². The van der Waals surface area contributed by atoms with Gasteiger partial charge >= 0.3 is 413 Å². The molecule has 0 unspecified atom stereocenters. The van der Waals surface area contributed by atoms with Gasteiger partial charge in [-0.15, -0.1) is 0 Å². The first-order valence-corrected chi connectivity index (χ1v) is 26.2. The summed E-state index contributed by atoms with van der Waals surface area (Å²) in [6, 6.07) is 69.7. The van der Waals surface area contributed by atoms with E-state index in [1.165, 1.54) is 123 Å². The van der Waals surface area contributed by atoms with Crippen LogP contribution in [0.4, 0.5) is 68.2 Å². The van der Waals surface area contributed by atoms with Crippen LogP contribution in [0.25, 0.3) is 21.5 Å². The van der Waals surface area contributed by atoms with Gasteiger partial charge in [-0.05, 0) is 0 Å². The Morgan fingerprint density at radius 1 is 0.333 bits per heavy atom. The summed E-state index contributed by atoms with van der Waals surface area (Å²) in [6.45, 7) is 14.4. The fourth-order valence-corrected chi connectivity index (χ4v) is 15.7. The molecule has 0 saturated carbocycles. The summed E-state index contributed by atoms with van der Waals surface area (Å²) in [5.74, 6) is 0. The molecule has 0 atom stereocenters. The third-order valence-electron chi connectivity index (χ3n) is 15.7. The van der Waals surface area contributed by atoms with Crippen molar-refractivity contribution in [1.82, 2.24) is 0 Å². The average molecular weight is 950 g/mol. The zero-order valence-corrected chi connectivity index (χ0v) is 41.4. The first-order chi connectivity index (χ1) is 33.5. The van der Waals surface area contributed by atoms with E-state index in [2.05, 4.69) is 243 Å². The minimum absolute atomic E-state index is 0.0243. The third kappa shape index (κ3) is 5.38. The van der Waals surface area contributed by atoms with Gasteiger partial charge in [0.1, 0.15) is 0 Å². The Labute approximate surface area is 411 Å². The van der Waals surface area contributed by atoms with Crippen molar-refractivity contribution in [2.24, 2.45) is 0 Å². The number of fused-ring (bicyclic) bond motifs is 13. The maximum absolute atomic E-state index is 2.73. The Balaban J connectivity index is 1.11. The zero-order chi connectivity index (χ0) is 46.2. The molecule has 7 heteroatoms. The van der Waals surface area contributed by atoms with Gasteiger partial charge in [0, 0.05) is 0 Å². The topological polar surface area (TPSA) is 13.0 Å². The van der Waals surface area contributed by atoms with E-state index in [-0.39, 0.29) is 38.8 Å². The Morgan fingerprint density at radius 3 is 1.04 bits per heavy atom. The summed E-state index contributed by atoms with van der Waals surface area (Å²) in [5, 5.41) is 5.10. The fraction of sp³-hybridized carbons (Fsp3) is 0.129. The Kier molecular flexibility index (Phi) is 7.93. The first kappa shape index (κ1) is 39.8. The molecule has 0 amide bonds. The average Bonchev–Trinajstić information content (AvgIpc) is 3.75. The number of benzene rings is 9. The van der Waals surface area contributed by atoms with Gasteiger partial charge in [0.15, 0.2) is 0 Å². The van der Waals surface area contributed by atoms with Crippen LogP contribution >= 0.6 is 0 Å². The van der Waals surface area contributed by atoms with Gasteiger partial charge in [0.2, 0.25) is 0 Å². The van der Waals surface area contributed by atoms with E-state index in [1.807, 2.05) is 0 Å². The molecule has 0 N–H and O–H groups in total. The third-order valence-corrected chi connectivity index (χ3v) is 18.4. The van der Waals surface area contributed by atoms with E-state index in [9.17, 15) is 0 Å². The van der Waals surface area contributed by atoms with Crippen LogP contribution < -0.4 is 50.1 Å². The van der Waals surface area contributed by atoms with E-state index in [0.717, 1.165) is 0 Å².